The van der Waals surface area contributed by atoms with Crippen molar-refractivity contribution in [1.82, 2.24) is 9.88 Å². The molecule has 38 heavy (non-hydrogen) atoms. The van der Waals surface area contributed by atoms with Gasteiger partial charge in [0.05, 0.1) is 41.6 Å². The molecule has 0 saturated carbocycles. The van der Waals surface area contributed by atoms with Crippen molar-refractivity contribution in [2.75, 3.05) is 14.2 Å². The van der Waals surface area contributed by atoms with Crippen LogP contribution < -0.4 is 9.47 Å². The van der Waals surface area contributed by atoms with Crippen molar-refractivity contribution in [3.8, 4) is 11.5 Å². The van der Waals surface area contributed by atoms with Crippen LogP contribution in [0.3, 0.4) is 0 Å². The highest BCUT2D eigenvalue weighted by molar-refractivity contribution is 6.46. The van der Waals surface area contributed by atoms with Gasteiger partial charge in [0.1, 0.15) is 16.8 Å². The van der Waals surface area contributed by atoms with Gasteiger partial charge in [0.25, 0.3) is 11.7 Å². The van der Waals surface area contributed by atoms with E-state index in [-0.39, 0.29) is 50.5 Å². The summed E-state index contributed by atoms with van der Waals surface area (Å²) in [5.74, 6) is -2.78. The Kier molecular flexibility index (Phi) is 7.57. The highest BCUT2D eigenvalue weighted by Crippen LogP contribution is 2.47. The summed E-state index contributed by atoms with van der Waals surface area (Å²) in [4.78, 5) is 31.7. The number of carbonyl (C=O) groups is 2. The van der Waals surface area contributed by atoms with E-state index in [1.165, 1.54) is 44.7 Å². The molecule has 4 rings (SSSR count). The van der Waals surface area contributed by atoms with Crippen LogP contribution in [-0.2, 0) is 22.3 Å². The second kappa shape index (κ2) is 10.5. The SMILES string of the molecule is COc1c(Cl)cc(/C(O)=C2\C(=O)C(=O)N(Cc3cccc(C(F)(F)F)c3)C2c2ccccn2)c(OC)c1Cl. The van der Waals surface area contributed by atoms with E-state index in [9.17, 15) is 27.9 Å². The van der Waals surface area contributed by atoms with Crippen LogP contribution in [-0.4, -0.2) is 40.9 Å². The normalized spacial score (nSPS) is 17.1. The first-order chi connectivity index (χ1) is 18.0. The number of benzene rings is 2. The van der Waals surface area contributed by atoms with E-state index < -0.39 is 35.2 Å². The fourth-order valence-electron chi connectivity index (χ4n) is 4.22. The Balaban J connectivity index is 1.91. The monoisotopic (exact) mass is 566 g/mol. The van der Waals surface area contributed by atoms with E-state index >= 15 is 0 Å². The predicted octanol–water partition coefficient (Wildman–Crippen LogP) is 6.05. The minimum absolute atomic E-state index is 0.00701. The molecular formula is C26H19Cl2F3N2O5. The van der Waals surface area contributed by atoms with Gasteiger partial charge in [-0.1, -0.05) is 41.4 Å². The quantitative estimate of drug-likeness (QED) is 0.222. The topological polar surface area (TPSA) is 89.0 Å². The molecule has 1 fully saturated rings. The molecule has 1 saturated heterocycles. The minimum Gasteiger partial charge on any atom is -0.507 e. The number of amides is 1. The van der Waals surface area contributed by atoms with E-state index in [0.717, 1.165) is 17.0 Å². The fourth-order valence-corrected chi connectivity index (χ4v) is 4.91. The number of aliphatic hydroxyl groups excluding tert-OH is 1. The fraction of sp³-hybridized carbons (Fsp3) is 0.192. The number of Topliss-reactive ketones (excluding diaryl/α,β-unsaturated/α-hetero) is 1. The molecule has 0 bridgehead atoms. The lowest BCUT2D eigenvalue weighted by Gasteiger charge is -2.25. The van der Waals surface area contributed by atoms with Crippen molar-refractivity contribution in [3.05, 3.63) is 92.7 Å². The molecule has 1 N–H and O–H groups in total. The van der Waals surface area contributed by atoms with Gasteiger partial charge in [-0.15, -0.1) is 0 Å². The summed E-state index contributed by atoms with van der Waals surface area (Å²) < 4.78 is 50.3. The molecule has 1 aromatic heterocycles. The number of pyridine rings is 1. The van der Waals surface area contributed by atoms with Crippen LogP contribution in [0, 0.1) is 0 Å². The molecule has 2 aromatic carbocycles. The van der Waals surface area contributed by atoms with E-state index in [1.807, 2.05) is 0 Å². The van der Waals surface area contributed by atoms with Gasteiger partial charge >= 0.3 is 6.18 Å². The van der Waals surface area contributed by atoms with Crippen molar-refractivity contribution in [1.29, 1.82) is 0 Å². The molecule has 1 atom stereocenters. The van der Waals surface area contributed by atoms with E-state index in [1.54, 1.807) is 12.1 Å². The largest absolute Gasteiger partial charge is 0.507 e. The average Bonchev–Trinajstić information content (AvgIpc) is 3.13. The average molecular weight is 567 g/mol. The molecule has 1 aliphatic heterocycles. The number of hydrogen-bond donors (Lipinski definition) is 1. The van der Waals surface area contributed by atoms with Gasteiger partial charge in [-0.3, -0.25) is 14.6 Å². The van der Waals surface area contributed by atoms with Crippen molar-refractivity contribution in [2.45, 2.75) is 18.8 Å². The third-order valence-corrected chi connectivity index (χ3v) is 6.53. The van der Waals surface area contributed by atoms with Gasteiger partial charge in [-0.25, -0.2) is 0 Å². The first-order valence-corrected chi connectivity index (χ1v) is 11.7. The molecule has 0 spiro atoms. The molecule has 12 heteroatoms. The van der Waals surface area contributed by atoms with Crippen LogP contribution in [0.4, 0.5) is 13.2 Å². The van der Waals surface area contributed by atoms with Crippen LogP contribution in [0.15, 0.2) is 60.3 Å². The molecule has 0 aliphatic carbocycles. The Hall–Kier alpha value is -3.76. The lowest BCUT2D eigenvalue weighted by atomic mass is 9.97. The Morgan fingerprint density at radius 1 is 1.05 bits per heavy atom. The maximum absolute atomic E-state index is 13.3. The smallest absolute Gasteiger partial charge is 0.416 e. The molecule has 2 heterocycles. The highest BCUT2D eigenvalue weighted by Gasteiger charge is 2.47. The zero-order valence-electron chi connectivity index (χ0n) is 19.8. The van der Waals surface area contributed by atoms with Crippen LogP contribution in [0.25, 0.3) is 5.76 Å². The van der Waals surface area contributed by atoms with Gasteiger partial charge in [0.15, 0.2) is 11.5 Å². The molecule has 1 unspecified atom stereocenters. The summed E-state index contributed by atoms with van der Waals surface area (Å²) in [6.45, 7) is -0.367. The number of hydrogen-bond acceptors (Lipinski definition) is 6. The first-order valence-electron chi connectivity index (χ1n) is 10.9. The maximum atomic E-state index is 13.3. The number of carbonyl (C=O) groups excluding carboxylic acids is 2. The first kappa shape index (κ1) is 27.3. The number of methoxy groups -OCH3 is 2. The summed E-state index contributed by atoms with van der Waals surface area (Å²) in [5.41, 5.74) is -1.05. The number of aromatic nitrogens is 1. The van der Waals surface area contributed by atoms with Crippen molar-refractivity contribution in [2.24, 2.45) is 0 Å². The number of nitrogens with zero attached hydrogens (tertiary/aromatic N) is 2. The summed E-state index contributed by atoms with van der Waals surface area (Å²) in [6, 6.07) is 9.15. The van der Waals surface area contributed by atoms with Crippen LogP contribution in [0.5, 0.6) is 11.5 Å². The van der Waals surface area contributed by atoms with Crippen molar-refractivity contribution < 1.29 is 37.3 Å². The molecule has 7 nitrogen and oxygen atoms in total. The number of alkyl halides is 3. The van der Waals surface area contributed by atoms with Crippen molar-refractivity contribution >= 4 is 40.7 Å². The zero-order valence-corrected chi connectivity index (χ0v) is 21.4. The van der Waals surface area contributed by atoms with Gasteiger partial charge in [-0.2, -0.15) is 13.2 Å². The van der Waals surface area contributed by atoms with E-state index in [4.69, 9.17) is 32.7 Å². The second-order valence-electron chi connectivity index (χ2n) is 8.17. The number of ether oxygens (including phenoxy) is 2. The van der Waals surface area contributed by atoms with Crippen LogP contribution in [0.1, 0.15) is 28.4 Å². The van der Waals surface area contributed by atoms with Crippen LogP contribution in [0.2, 0.25) is 10.0 Å². The number of ketones is 1. The summed E-state index contributed by atoms with van der Waals surface area (Å²) in [6.07, 6.45) is -3.19. The van der Waals surface area contributed by atoms with Crippen molar-refractivity contribution in [3.63, 3.8) is 0 Å². The molecule has 3 aromatic rings. The Labute approximate surface area is 225 Å². The molecule has 1 aliphatic rings. The lowest BCUT2D eigenvalue weighted by Crippen LogP contribution is -2.29. The van der Waals surface area contributed by atoms with Gasteiger partial charge in [0.2, 0.25) is 0 Å². The third kappa shape index (κ3) is 4.89. The zero-order chi connectivity index (χ0) is 27.8. The van der Waals surface area contributed by atoms with E-state index in [0.29, 0.717) is 0 Å². The number of aliphatic hydroxyl groups is 1. The summed E-state index contributed by atoms with van der Waals surface area (Å²) in [5, 5.41) is 11.3. The van der Waals surface area contributed by atoms with E-state index in [2.05, 4.69) is 4.98 Å². The van der Waals surface area contributed by atoms with Crippen LogP contribution >= 0.6 is 23.2 Å². The molecule has 0 radical (unpaired) electrons. The minimum atomic E-state index is -4.60. The Morgan fingerprint density at radius 2 is 1.76 bits per heavy atom. The molecule has 1 amide bonds. The predicted molar refractivity (Wildman–Crippen MR) is 133 cm³/mol. The lowest BCUT2D eigenvalue weighted by molar-refractivity contribution is -0.140. The number of rotatable bonds is 6. The van der Waals surface area contributed by atoms with Gasteiger partial charge < -0.3 is 19.5 Å². The third-order valence-electron chi connectivity index (χ3n) is 5.91. The summed E-state index contributed by atoms with van der Waals surface area (Å²) >= 11 is 12.6. The standard InChI is InChI=1S/C26H19Cl2F3N2O5/c1-37-23-15(11-16(27)24(38-2)19(23)28)21(34)18-20(17-8-3-4-9-32-17)33(25(36)22(18)35)12-13-6-5-7-14(10-13)26(29,30)31/h3-11,20,34H,12H2,1-2H3/b21-18+. The number of halogens is 5. The Morgan fingerprint density at radius 3 is 2.37 bits per heavy atom. The maximum Gasteiger partial charge on any atom is 0.416 e. The second-order valence-corrected chi connectivity index (χ2v) is 8.95. The molecule has 198 valence electrons. The highest BCUT2D eigenvalue weighted by atomic mass is 35.5. The summed E-state index contributed by atoms with van der Waals surface area (Å²) in [7, 11) is 2.60. The van der Waals surface area contributed by atoms with Gasteiger partial charge in [-0.05, 0) is 35.9 Å². The Bertz CT molecular complexity index is 1440. The van der Waals surface area contributed by atoms with Gasteiger partial charge in [0, 0.05) is 12.7 Å². The number of likely N-dealkylation sites (tertiary alicyclic amines) is 1. The molecular weight excluding hydrogens is 548 g/mol.